The lowest BCUT2D eigenvalue weighted by atomic mass is 9.86. The lowest BCUT2D eigenvalue weighted by molar-refractivity contribution is 0.273. The van der Waals surface area contributed by atoms with Gasteiger partial charge in [0, 0.05) is 25.3 Å². The minimum absolute atomic E-state index is 0.200. The Morgan fingerprint density at radius 2 is 1.88 bits per heavy atom. The zero-order chi connectivity index (χ0) is 13.1. The molecule has 17 heavy (non-hydrogen) atoms. The van der Waals surface area contributed by atoms with E-state index in [1.165, 1.54) is 12.0 Å². The molecule has 0 unspecified atom stereocenters. The van der Waals surface area contributed by atoms with E-state index in [4.69, 9.17) is 0 Å². The standard InChI is InChI=1S/C14H27N3/c1-13(2,3)15-11-14(4,5)8-7-12-9-16-17(6)10-12/h9-10,15H,7-8,11H2,1-6H3. The van der Waals surface area contributed by atoms with Crippen LogP contribution in [-0.4, -0.2) is 21.9 Å². The summed E-state index contributed by atoms with van der Waals surface area (Å²) in [5.74, 6) is 0. The molecule has 0 spiro atoms. The van der Waals surface area contributed by atoms with Crippen molar-refractivity contribution in [1.29, 1.82) is 0 Å². The molecule has 98 valence electrons. The van der Waals surface area contributed by atoms with Crippen molar-refractivity contribution in [3.8, 4) is 0 Å². The SMILES string of the molecule is Cn1cc(CCC(C)(C)CNC(C)(C)C)cn1. The van der Waals surface area contributed by atoms with Crippen molar-refractivity contribution in [3.05, 3.63) is 18.0 Å². The fourth-order valence-corrected chi connectivity index (χ4v) is 1.68. The van der Waals surface area contributed by atoms with Crippen molar-refractivity contribution in [2.45, 2.75) is 53.0 Å². The molecule has 0 aliphatic heterocycles. The molecule has 0 bridgehead atoms. The third-order valence-corrected chi connectivity index (χ3v) is 2.95. The summed E-state index contributed by atoms with van der Waals surface area (Å²) in [5, 5.41) is 7.79. The summed E-state index contributed by atoms with van der Waals surface area (Å²) in [5.41, 5.74) is 1.85. The van der Waals surface area contributed by atoms with Crippen LogP contribution in [0.1, 0.15) is 46.6 Å². The van der Waals surface area contributed by atoms with Crippen LogP contribution in [0.5, 0.6) is 0 Å². The molecule has 0 saturated carbocycles. The van der Waals surface area contributed by atoms with Gasteiger partial charge in [-0.2, -0.15) is 5.10 Å². The molecular weight excluding hydrogens is 210 g/mol. The first-order valence-electron chi connectivity index (χ1n) is 6.41. The molecule has 0 aliphatic carbocycles. The van der Waals surface area contributed by atoms with Crippen molar-refractivity contribution in [1.82, 2.24) is 15.1 Å². The van der Waals surface area contributed by atoms with E-state index in [0.29, 0.717) is 5.41 Å². The van der Waals surface area contributed by atoms with E-state index < -0.39 is 0 Å². The van der Waals surface area contributed by atoms with E-state index in [1.54, 1.807) is 0 Å². The molecule has 0 aliphatic rings. The number of rotatable bonds is 5. The van der Waals surface area contributed by atoms with Gasteiger partial charge in [-0.25, -0.2) is 0 Å². The Bertz CT molecular complexity index is 345. The summed E-state index contributed by atoms with van der Waals surface area (Å²) < 4.78 is 1.87. The van der Waals surface area contributed by atoms with Gasteiger partial charge in [0.1, 0.15) is 0 Å². The average molecular weight is 237 g/mol. The first-order valence-corrected chi connectivity index (χ1v) is 6.41. The van der Waals surface area contributed by atoms with Gasteiger partial charge in [-0.15, -0.1) is 0 Å². The van der Waals surface area contributed by atoms with Gasteiger partial charge in [-0.05, 0) is 44.6 Å². The Morgan fingerprint density at radius 1 is 1.24 bits per heavy atom. The number of aryl methyl sites for hydroxylation is 2. The number of hydrogen-bond acceptors (Lipinski definition) is 2. The highest BCUT2D eigenvalue weighted by Gasteiger charge is 2.20. The van der Waals surface area contributed by atoms with E-state index >= 15 is 0 Å². The predicted octanol–water partition coefficient (Wildman–Crippen LogP) is 2.77. The zero-order valence-corrected chi connectivity index (χ0v) is 12.2. The second-order valence-corrected chi connectivity index (χ2v) is 6.79. The average Bonchev–Trinajstić information content (AvgIpc) is 2.58. The Kier molecular flexibility index (Phi) is 4.36. The van der Waals surface area contributed by atoms with Crippen LogP contribution in [0.2, 0.25) is 0 Å². The highest BCUT2D eigenvalue weighted by Crippen LogP contribution is 2.22. The summed E-state index contributed by atoms with van der Waals surface area (Å²) >= 11 is 0. The Morgan fingerprint density at radius 3 is 2.35 bits per heavy atom. The number of nitrogens with zero attached hydrogens (tertiary/aromatic N) is 2. The minimum Gasteiger partial charge on any atom is -0.312 e. The number of aromatic nitrogens is 2. The van der Waals surface area contributed by atoms with Gasteiger partial charge in [0.15, 0.2) is 0 Å². The second kappa shape index (κ2) is 5.21. The maximum Gasteiger partial charge on any atom is 0.0521 e. The van der Waals surface area contributed by atoms with Crippen LogP contribution in [-0.2, 0) is 13.5 Å². The van der Waals surface area contributed by atoms with Gasteiger partial charge in [-0.1, -0.05) is 13.8 Å². The van der Waals surface area contributed by atoms with Crippen LogP contribution < -0.4 is 5.32 Å². The molecule has 1 aromatic heterocycles. The number of hydrogen-bond donors (Lipinski definition) is 1. The summed E-state index contributed by atoms with van der Waals surface area (Å²) in [4.78, 5) is 0. The topological polar surface area (TPSA) is 29.9 Å². The fourth-order valence-electron chi connectivity index (χ4n) is 1.68. The van der Waals surface area contributed by atoms with Crippen LogP contribution in [0, 0.1) is 5.41 Å². The second-order valence-electron chi connectivity index (χ2n) is 6.79. The summed E-state index contributed by atoms with van der Waals surface area (Å²) in [6.45, 7) is 12.3. The third-order valence-electron chi connectivity index (χ3n) is 2.95. The maximum atomic E-state index is 4.20. The Labute approximate surface area is 106 Å². The Hall–Kier alpha value is -0.830. The van der Waals surface area contributed by atoms with Gasteiger partial charge in [0.05, 0.1) is 6.20 Å². The molecule has 0 atom stereocenters. The molecule has 1 rings (SSSR count). The van der Waals surface area contributed by atoms with Gasteiger partial charge < -0.3 is 5.32 Å². The molecule has 0 radical (unpaired) electrons. The summed E-state index contributed by atoms with van der Waals surface area (Å²) in [6.07, 6.45) is 6.36. The summed E-state index contributed by atoms with van der Waals surface area (Å²) in [6, 6.07) is 0. The van der Waals surface area contributed by atoms with E-state index in [2.05, 4.69) is 51.2 Å². The lowest BCUT2D eigenvalue weighted by Gasteiger charge is -2.30. The first kappa shape index (κ1) is 14.2. The maximum absolute atomic E-state index is 4.20. The highest BCUT2D eigenvalue weighted by molar-refractivity contribution is 5.04. The molecule has 1 aromatic rings. The molecule has 1 heterocycles. The smallest absolute Gasteiger partial charge is 0.0521 e. The minimum atomic E-state index is 0.200. The van der Waals surface area contributed by atoms with Gasteiger partial charge in [0.2, 0.25) is 0 Å². The van der Waals surface area contributed by atoms with Crippen molar-refractivity contribution in [3.63, 3.8) is 0 Å². The van der Waals surface area contributed by atoms with E-state index in [0.717, 1.165) is 13.0 Å². The lowest BCUT2D eigenvalue weighted by Crippen LogP contribution is -2.42. The van der Waals surface area contributed by atoms with E-state index in [-0.39, 0.29) is 5.54 Å². The van der Waals surface area contributed by atoms with Crippen molar-refractivity contribution >= 4 is 0 Å². The number of nitrogens with one attached hydrogen (secondary N) is 1. The van der Waals surface area contributed by atoms with Gasteiger partial charge in [0.25, 0.3) is 0 Å². The Balaban J connectivity index is 2.39. The van der Waals surface area contributed by atoms with Crippen molar-refractivity contribution < 1.29 is 0 Å². The quantitative estimate of drug-likeness (QED) is 0.853. The molecule has 3 nitrogen and oxygen atoms in total. The van der Waals surface area contributed by atoms with Crippen LogP contribution in [0.4, 0.5) is 0 Å². The zero-order valence-electron chi connectivity index (χ0n) is 12.2. The van der Waals surface area contributed by atoms with E-state index in [1.807, 2.05) is 17.9 Å². The van der Waals surface area contributed by atoms with Crippen molar-refractivity contribution in [2.75, 3.05) is 6.54 Å². The monoisotopic (exact) mass is 237 g/mol. The van der Waals surface area contributed by atoms with Crippen LogP contribution in [0.3, 0.4) is 0 Å². The van der Waals surface area contributed by atoms with Gasteiger partial charge in [-0.3, -0.25) is 4.68 Å². The predicted molar refractivity (Wildman–Crippen MR) is 73.1 cm³/mol. The molecule has 0 saturated heterocycles. The third kappa shape index (κ3) is 5.87. The molecular formula is C14H27N3. The normalized spacial score (nSPS) is 13.1. The molecule has 3 heteroatoms. The van der Waals surface area contributed by atoms with Crippen LogP contribution in [0.25, 0.3) is 0 Å². The van der Waals surface area contributed by atoms with Crippen molar-refractivity contribution in [2.24, 2.45) is 12.5 Å². The highest BCUT2D eigenvalue weighted by atomic mass is 15.2. The first-order chi connectivity index (χ1) is 7.68. The van der Waals surface area contributed by atoms with E-state index in [9.17, 15) is 0 Å². The van der Waals surface area contributed by atoms with Gasteiger partial charge >= 0.3 is 0 Å². The molecule has 0 aromatic carbocycles. The van der Waals surface area contributed by atoms with Crippen LogP contribution >= 0.6 is 0 Å². The summed E-state index contributed by atoms with van der Waals surface area (Å²) in [7, 11) is 1.97. The molecule has 0 fully saturated rings. The van der Waals surface area contributed by atoms with Crippen LogP contribution in [0.15, 0.2) is 12.4 Å². The molecule has 1 N–H and O–H groups in total. The molecule has 0 amide bonds. The fraction of sp³-hybridized carbons (Fsp3) is 0.786. The largest absolute Gasteiger partial charge is 0.312 e.